The Morgan fingerprint density at radius 2 is 1.81 bits per heavy atom. The topological polar surface area (TPSA) is 57.5 Å². The highest BCUT2D eigenvalue weighted by atomic mass is 35.5. The first kappa shape index (κ1) is 19.3. The third kappa shape index (κ3) is 3.88. The molecule has 31 heavy (non-hydrogen) atoms. The Morgan fingerprint density at radius 3 is 2.65 bits per heavy atom. The van der Waals surface area contributed by atoms with E-state index >= 15 is 0 Å². The van der Waals surface area contributed by atoms with Crippen LogP contribution in [0.2, 0.25) is 5.02 Å². The minimum absolute atomic E-state index is 0.674. The SMILES string of the molecule is Cc1c(-c2cccc[n+]2Cc2ccccc2)[nH]c2ncnc(Nc3cccc(Cl)c3)c12. The summed E-state index contributed by atoms with van der Waals surface area (Å²) in [5.41, 5.74) is 6.14. The van der Waals surface area contributed by atoms with Crippen LogP contribution < -0.4 is 9.88 Å². The summed E-state index contributed by atoms with van der Waals surface area (Å²) < 4.78 is 2.24. The van der Waals surface area contributed by atoms with Gasteiger partial charge in [-0.25, -0.2) is 9.97 Å². The van der Waals surface area contributed by atoms with Crippen molar-refractivity contribution >= 4 is 34.1 Å². The van der Waals surface area contributed by atoms with E-state index < -0.39 is 0 Å². The number of H-pyrrole nitrogens is 1. The molecule has 0 aliphatic carbocycles. The van der Waals surface area contributed by atoms with E-state index in [0.717, 1.165) is 46.0 Å². The molecule has 3 aromatic heterocycles. The number of benzene rings is 2. The van der Waals surface area contributed by atoms with Gasteiger partial charge in [0.1, 0.15) is 23.5 Å². The largest absolute Gasteiger partial charge is 0.340 e. The van der Waals surface area contributed by atoms with Crippen LogP contribution in [-0.2, 0) is 6.54 Å². The van der Waals surface area contributed by atoms with Gasteiger partial charge in [0.05, 0.1) is 5.39 Å². The normalized spacial score (nSPS) is 11.0. The van der Waals surface area contributed by atoms with Crippen LogP contribution in [0, 0.1) is 6.92 Å². The Balaban J connectivity index is 1.59. The molecule has 0 unspecified atom stereocenters. The first-order valence-electron chi connectivity index (χ1n) is 10.1. The number of fused-ring (bicyclic) bond motifs is 1. The number of aryl methyl sites for hydroxylation is 1. The Labute approximate surface area is 185 Å². The van der Waals surface area contributed by atoms with Gasteiger partial charge in [-0.1, -0.05) is 48.0 Å². The number of aromatic amines is 1. The van der Waals surface area contributed by atoms with Gasteiger partial charge in [-0.3, -0.25) is 0 Å². The van der Waals surface area contributed by atoms with Crippen molar-refractivity contribution in [1.29, 1.82) is 0 Å². The Kier molecular flexibility index (Phi) is 5.10. The third-order valence-electron chi connectivity index (χ3n) is 5.32. The Morgan fingerprint density at radius 1 is 0.968 bits per heavy atom. The van der Waals surface area contributed by atoms with Crippen molar-refractivity contribution in [2.45, 2.75) is 13.5 Å². The lowest BCUT2D eigenvalue weighted by Crippen LogP contribution is -2.36. The highest BCUT2D eigenvalue weighted by Gasteiger charge is 2.21. The number of rotatable bonds is 5. The second-order valence-corrected chi connectivity index (χ2v) is 7.84. The molecule has 0 fully saturated rings. The number of pyridine rings is 1. The standard InChI is InChI=1S/C25H20ClN5/c1-17-22-24(29-20-11-7-10-19(26)14-20)27-16-28-25(22)30-23(17)21-12-5-6-13-31(21)15-18-8-3-2-4-9-18/h2-14,16H,15H2,1H3,(H,27,28,29,30)/p+1. The molecule has 5 nitrogen and oxygen atoms in total. The van der Waals surface area contributed by atoms with Crippen LogP contribution >= 0.6 is 11.6 Å². The number of anilines is 2. The molecule has 0 saturated carbocycles. The van der Waals surface area contributed by atoms with Gasteiger partial charge in [-0.15, -0.1) is 0 Å². The lowest BCUT2D eigenvalue weighted by Gasteiger charge is -2.07. The van der Waals surface area contributed by atoms with E-state index in [1.165, 1.54) is 5.56 Å². The van der Waals surface area contributed by atoms with Crippen molar-refractivity contribution in [3.05, 3.63) is 101 Å². The summed E-state index contributed by atoms with van der Waals surface area (Å²) >= 11 is 6.15. The fourth-order valence-corrected chi connectivity index (χ4v) is 4.04. The number of nitrogens with zero attached hydrogens (tertiary/aromatic N) is 3. The van der Waals surface area contributed by atoms with Gasteiger partial charge in [0.25, 0.3) is 0 Å². The molecule has 0 aliphatic rings. The predicted molar refractivity (Wildman–Crippen MR) is 125 cm³/mol. The maximum Gasteiger partial charge on any atom is 0.229 e. The minimum atomic E-state index is 0.674. The van der Waals surface area contributed by atoms with Crippen molar-refractivity contribution in [3.8, 4) is 11.4 Å². The maximum absolute atomic E-state index is 6.15. The van der Waals surface area contributed by atoms with Crippen LogP contribution in [0.3, 0.4) is 0 Å². The monoisotopic (exact) mass is 426 g/mol. The molecule has 0 atom stereocenters. The van der Waals surface area contributed by atoms with Gasteiger partial charge >= 0.3 is 0 Å². The highest BCUT2D eigenvalue weighted by molar-refractivity contribution is 6.30. The van der Waals surface area contributed by atoms with Crippen LogP contribution in [0.5, 0.6) is 0 Å². The van der Waals surface area contributed by atoms with Crippen LogP contribution in [-0.4, -0.2) is 15.0 Å². The Hall–Kier alpha value is -3.70. The van der Waals surface area contributed by atoms with Crippen molar-refractivity contribution in [2.24, 2.45) is 0 Å². The number of aromatic nitrogens is 4. The summed E-state index contributed by atoms with van der Waals surface area (Å²) in [5.74, 6) is 0.748. The average molecular weight is 427 g/mol. The summed E-state index contributed by atoms with van der Waals surface area (Å²) in [6, 6.07) is 24.3. The van der Waals surface area contributed by atoms with Crippen LogP contribution in [0.4, 0.5) is 11.5 Å². The molecular weight excluding hydrogens is 406 g/mol. The van der Waals surface area contributed by atoms with E-state index in [-0.39, 0.29) is 0 Å². The van der Waals surface area contributed by atoms with E-state index in [2.05, 4.69) is 80.4 Å². The van der Waals surface area contributed by atoms with Gasteiger partial charge in [0.15, 0.2) is 12.7 Å². The fourth-order valence-electron chi connectivity index (χ4n) is 3.85. The van der Waals surface area contributed by atoms with Crippen LogP contribution in [0.1, 0.15) is 11.1 Å². The summed E-state index contributed by atoms with van der Waals surface area (Å²) in [7, 11) is 0. The molecule has 0 spiro atoms. The first-order valence-corrected chi connectivity index (χ1v) is 10.5. The molecule has 6 heteroatoms. The van der Waals surface area contributed by atoms with Crippen LogP contribution in [0.15, 0.2) is 85.3 Å². The second kappa shape index (κ2) is 8.20. The van der Waals surface area contributed by atoms with E-state index in [9.17, 15) is 0 Å². The molecule has 2 N–H and O–H groups in total. The zero-order valence-corrected chi connectivity index (χ0v) is 17.8. The van der Waals surface area contributed by atoms with Crippen molar-refractivity contribution in [2.75, 3.05) is 5.32 Å². The highest BCUT2D eigenvalue weighted by Crippen LogP contribution is 2.32. The van der Waals surface area contributed by atoms with E-state index in [1.807, 2.05) is 30.3 Å². The second-order valence-electron chi connectivity index (χ2n) is 7.41. The van der Waals surface area contributed by atoms with Gasteiger partial charge in [0, 0.05) is 28.4 Å². The molecule has 152 valence electrons. The smallest absolute Gasteiger partial charge is 0.229 e. The quantitative estimate of drug-likeness (QED) is 0.356. The molecule has 0 amide bonds. The molecular formula is C25H21ClN5+. The molecule has 5 aromatic rings. The Bertz CT molecular complexity index is 1360. The van der Waals surface area contributed by atoms with Crippen molar-refractivity contribution < 1.29 is 4.57 Å². The summed E-state index contributed by atoms with van der Waals surface area (Å²) in [6.07, 6.45) is 3.67. The van der Waals surface area contributed by atoms with E-state index in [0.29, 0.717) is 5.02 Å². The third-order valence-corrected chi connectivity index (χ3v) is 5.56. The van der Waals surface area contributed by atoms with E-state index in [4.69, 9.17) is 11.6 Å². The predicted octanol–water partition coefficient (Wildman–Crippen LogP) is 5.67. The lowest BCUT2D eigenvalue weighted by molar-refractivity contribution is -0.677. The molecule has 3 heterocycles. The summed E-state index contributed by atoms with van der Waals surface area (Å²) in [4.78, 5) is 12.5. The molecule has 5 rings (SSSR count). The average Bonchev–Trinajstić information content (AvgIpc) is 3.12. The molecule has 0 aliphatic heterocycles. The number of halogens is 1. The number of hydrogen-bond acceptors (Lipinski definition) is 3. The summed E-state index contributed by atoms with van der Waals surface area (Å²) in [6.45, 7) is 2.88. The number of nitrogens with one attached hydrogen (secondary N) is 2. The van der Waals surface area contributed by atoms with E-state index in [1.54, 1.807) is 6.33 Å². The molecule has 0 bridgehead atoms. The van der Waals surface area contributed by atoms with Gasteiger partial charge in [0.2, 0.25) is 5.69 Å². The zero-order valence-electron chi connectivity index (χ0n) is 17.0. The molecule has 0 radical (unpaired) electrons. The maximum atomic E-state index is 6.15. The van der Waals surface area contributed by atoms with Crippen molar-refractivity contribution in [1.82, 2.24) is 15.0 Å². The van der Waals surface area contributed by atoms with Gasteiger partial charge in [-0.05, 0) is 36.8 Å². The fraction of sp³-hybridized carbons (Fsp3) is 0.0800. The summed E-state index contributed by atoms with van der Waals surface area (Å²) in [5, 5.41) is 5.02. The van der Waals surface area contributed by atoms with Crippen molar-refractivity contribution in [3.63, 3.8) is 0 Å². The van der Waals surface area contributed by atoms with Gasteiger partial charge in [-0.2, -0.15) is 4.57 Å². The van der Waals surface area contributed by atoms with Crippen LogP contribution in [0.25, 0.3) is 22.4 Å². The molecule has 0 saturated heterocycles. The van der Waals surface area contributed by atoms with Gasteiger partial charge < -0.3 is 10.3 Å². The number of hydrogen-bond donors (Lipinski definition) is 2. The first-order chi connectivity index (χ1) is 15.2. The zero-order chi connectivity index (χ0) is 21.2. The molecule has 2 aromatic carbocycles. The minimum Gasteiger partial charge on any atom is -0.340 e. The lowest BCUT2D eigenvalue weighted by atomic mass is 10.1.